The molecule has 6 nitrogen and oxygen atoms in total. The van der Waals surface area contributed by atoms with Gasteiger partial charge in [-0.3, -0.25) is 9.69 Å². The van der Waals surface area contributed by atoms with Crippen molar-refractivity contribution in [2.45, 2.75) is 79.1 Å². The van der Waals surface area contributed by atoms with Crippen molar-refractivity contribution in [2.24, 2.45) is 0 Å². The van der Waals surface area contributed by atoms with Crippen molar-refractivity contribution < 1.29 is 4.79 Å². The lowest BCUT2D eigenvalue weighted by atomic mass is 9.92. The molecule has 0 spiro atoms. The second-order valence-corrected chi connectivity index (χ2v) is 11.1. The van der Waals surface area contributed by atoms with Gasteiger partial charge in [0.25, 0.3) is 5.56 Å². The number of urea groups is 1. The molecular formula is C34H42N4O2. The molecule has 2 aromatic carbocycles. The summed E-state index contributed by atoms with van der Waals surface area (Å²) >= 11 is 0. The molecule has 4 rings (SSSR count). The number of H-pyrrole nitrogens is 1. The third-order valence-corrected chi connectivity index (χ3v) is 7.37. The first-order valence-corrected chi connectivity index (χ1v) is 14.6. The second kappa shape index (κ2) is 12.9. The quantitative estimate of drug-likeness (QED) is 0.212. The number of nitrogens with zero attached hydrogens (tertiary/aromatic N) is 2. The van der Waals surface area contributed by atoms with Gasteiger partial charge in [-0.2, -0.15) is 0 Å². The van der Waals surface area contributed by atoms with Crippen LogP contribution in [-0.4, -0.2) is 22.5 Å². The summed E-state index contributed by atoms with van der Waals surface area (Å²) in [6, 6.07) is 18.0. The van der Waals surface area contributed by atoms with Crippen molar-refractivity contribution in [2.75, 3.05) is 16.8 Å². The van der Waals surface area contributed by atoms with E-state index in [1.807, 2.05) is 24.3 Å². The van der Waals surface area contributed by atoms with E-state index in [1.54, 1.807) is 11.1 Å². The van der Waals surface area contributed by atoms with E-state index in [-0.39, 0.29) is 23.4 Å². The first-order valence-electron chi connectivity index (χ1n) is 14.6. The number of aromatic nitrogens is 2. The molecule has 0 saturated carbocycles. The molecule has 0 aliphatic heterocycles. The molecule has 0 aliphatic carbocycles. The molecule has 0 saturated heterocycles. The standard InChI is InChI=1S/C34H42N4O2/c1-7-9-20-38(34(40)36-30-26(22(3)4)16-11-17-27(30)23(5)6)31-29(25-15-10-14-24(21-25)13-8-2)28-18-12-19-35-32(28)37-33(31)39/h10-12,14-19,21-23H,7-9,13,20H2,1-6H3,(H,36,40)(H,35,37,39). The molecule has 6 heteroatoms. The summed E-state index contributed by atoms with van der Waals surface area (Å²) in [5.41, 5.74) is 6.38. The molecule has 40 heavy (non-hydrogen) atoms. The van der Waals surface area contributed by atoms with Crippen LogP contribution in [0.3, 0.4) is 0 Å². The maximum Gasteiger partial charge on any atom is 0.326 e. The van der Waals surface area contributed by atoms with Crippen LogP contribution in [0, 0.1) is 0 Å². The van der Waals surface area contributed by atoms with E-state index >= 15 is 0 Å². The molecule has 0 fully saturated rings. The number of pyridine rings is 2. The molecular weight excluding hydrogens is 496 g/mol. The lowest BCUT2D eigenvalue weighted by molar-refractivity contribution is 0.256. The maximum atomic E-state index is 14.3. The van der Waals surface area contributed by atoms with Gasteiger partial charge in [0.1, 0.15) is 11.3 Å². The van der Waals surface area contributed by atoms with Gasteiger partial charge in [0.2, 0.25) is 0 Å². The van der Waals surface area contributed by atoms with Crippen molar-refractivity contribution in [1.29, 1.82) is 0 Å². The second-order valence-electron chi connectivity index (χ2n) is 11.1. The van der Waals surface area contributed by atoms with Crippen molar-refractivity contribution >= 4 is 28.4 Å². The highest BCUT2D eigenvalue weighted by molar-refractivity contribution is 6.09. The molecule has 0 radical (unpaired) electrons. The minimum atomic E-state index is -0.324. The van der Waals surface area contributed by atoms with E-state index in [4.69, 9.17) is 0 Å². The number of carbonyl (C=O) groups is 1. The van der Waals surface area contributed by atoms with Gasteiger partial charge in [-0.05, 0) is 59.1 Å². The number of aromatic amines is 1. The predicted molar refractivity (Wildman–Crippen MR) is 168 cm³/mol. The van der Waals surface area contributed by atoms with Gasteiger partial charge >= 0.3 is 6.03 Å². The minimum absolute atomic E-state index is 0.227. The maximum absolute atomic E-state index is 14.3. The number of benzene rings is 2. The summed E-state index contributed by atoms with van der Waals surface area (Å²) in [4.78, 5) is 37.1. The third kappa shape index (κ3) is 6.11. The summed E-state index contributed by atoms with van der Waals surface area (Å²) in [5.74, 6) is 0.454. The zero-order chi connectivity index (χ0) is 28.8. The van der Waals surface area contributed by atoms with E-state index in [0.717, 1.165) is 59.0 Å². The van der Waals surface area contributed by atoms with Crippen LogP contribution in [0.15, 0.2) is 65.6 Å². The van der Waals surface area contributed by atoms with Crippen molar-refractivity contribution in [1.82, 2.24) is 9.97 Å². The molecule has 2 heterocycles. The van der Waals surface area contributed by atoms with Crippen LogP contribution < -0.4 is 15.8 Å². The fourth-order valence-corrected chi connectivity index (χ4v) is 5.34. The van der Waals surface area contributed by atoms with Gasteiger partial charge in [0, 0.05) is 29.4 Å². The van der Waals surface area contributed by atoms with Crippen LogP contribution in [0.4, 0.5) is 16.2 Å². The molecule has 0 aliphatic rings. The van der Waals surface area contributed by atoms with Crippen molar-refractivity contribution in [3.05, 3.63) is 87.8 Å². The SMILES string of the molecule is CCCCN(C(=O)Nc1c(C(C)C)cccc1C(C)C)c1c(-c2cccc(CCC)c2)c2cccnc2[nH]c1=O. The van der Waals surface area contributed by atoms with Gasteiger partial charge < -0.3 is 10.3 Å². The molecule has 210 valence electrons. The Hall–Kier alpha value is -3.93. The van der Waals surface area contributed by atoms with Crippen LogP contribution >= 0.6 is 0 Å². The number of hydrogen-bond donors (Lipinski definition) is 2. The fraction of sp³-hybridized carbons (Fsp3) is 0.382. The highest BCUT2D eigenvalue weighted by Gasteiger charge is 2.27. The lowest BCUT2D eigenvalue weighted by Gasteiger charge is -2.28. The first-order chi connectivity index (χ1) is 19.3. The molecule has 2 N–H and O–H groups in total. The van der Waals surface area contributed by atoms with E-state index in [9.17, 15) is 9.59 Å². The zero-order valence-electron chi connectivity index (χ0n) is 24.7. The minimum Gasteiger partial charge on any atom is -0.307 e. The highest BCUT2D eigenvalue weighted by atomic mass is 16.2. The van der Waals surface area contributed by atoms with Gasteiger partial charge in [-0.15, -0.1) is 0 Å². The smallest absolute Gasteiger partial charge is 0.307 e. The number of fused-ring (bicyclic) bond motifs is 1. The summed E-state index contributed by atoms with van der Waals surface area (Å²) < 4.78 is 0. The number of nitrogens with one attached hydrogen (secondary N) is 2. The summed E-state index contributed by atoms with van der Waals surface area (Å²) in [6.45, 7) is 13.2. The monoisotopic (exact) mass is 538 g/mol. The van der Waals surface area contributed by atoms with E-state index in [0.29, 0.717) is 17.9 Å². The number of para-hydroxylation sites is 1. The number of aryl methyl sites for hydroxylation is 1. The van der Waals surface area contributed by atoms with Crippen LogP contribution in [-0.2, 0) is 6.42 Å². The largest absolute Gasteiger partial charge is 0.326 e. The normalized spacial score (nSPS) is 11.4. The molecule has 2 aromatic heterocycles. The van der Waals surface area contributed by atoms with Crippen molar-refractivity contribution in [3.8, 4) is 11.1 Å². The van der Waals surface area contributed by atoms with Gasteiger partial charge in [0.15, 0.2) is 0 Å². The van der Waals surface area contributed by atoms with Gasteiger partial charge in [-0.1, -0.05) is 96.8 Å². The molecule has 0 atom stereocenters. The Morgan fingerprint density at radius 3 is 2.30 bits per heavy atom. The van der Waals surface area contributed by atoms with E-state index in [1.165, 1.54) is 5.56 Å². The average molecular weight is 539 g/mol. The third-order valence-electron chi connectivity index (χ3n) is 7.37. The van der Waals surface area contributed by atoms with E-state index in [2.05, 4.69) is 87.2 Å². The lowest BCUT2D eigenvalue weighted by Crippen LogP contribution is -2.40. The Labute approximate surface area is 237 Å². The number of hydrogen-bond acceptors (Lipinski definition) is 3. The average Bonchev–Trinajstić information content (AvgIpc) is 2.93. The Bertz CT molecular complexity index is 1510. The Balaban J connectivity index is 1.94. The zero-order valence-corrected chi connectivity index (χ0v) is 24.7. The summed E-state index contributed by atoms with van der Waals surface area (Å²) in [5, 5.41) is 4.06. The molecule has 2 amide bonds. The van der Waals surface area contributed by atoms with Crippen molar-refractivity contribution in [3.63, 3.8) is 0 Å². The fourth-order valence-electron chi connectivity index (χ4n) is 5.34. The molecule has 0 unspecified atom stereocenters. The highest BCUT2D eigenvalue weighted by Crippen LogP contribution is 2.36. The summed E-state index contributed by atoms with van der Waals surface area (Å²) in [7, 11) is 0. The predicted octanol–water partition coefficient (Wildman–Crippen LogP) is 8.63. The number of anilines is 2. The number of carbonyl (C=O) groups excluding carboxylic acids is 1. The Morgan fingerprint density at radius 1 is 0.950 bits per heavy atom. The van der Waals surface area contributed by atoms with E-state index < -0.39 is 0 Å². The summed E-state index contributed by atoms with van der Waals surface area (Å²) in [6.07, 6.45) is 5.28. The van der Waals surface area contributed by atoms with Gasteiger partial charge in [-0.25, -0.2) is 9.78 Å². The molecule has 4 aromatic rings. The topological polar surface area (TPSA) is 78.1 Å². The number of unbranched alkanes of at least 4 members (excludes halogenated alkanes) is 1. The van der Waals surface area contributed by atoms with Crippen LogP contribution in [0.1, 0.15) is 89.3 Å². The Kier molecular flexibility index (Phi) is 9.41. The molecule has 0 bridgehead atoms. The van der Waals surface area contributed by atoms with Crippen LogP contribution in [0.2, 0.25) is 0 Å². The van der Waals surface area contributed by atoms with Crippen LogP contribution in [0.25, 0.3) is 22.2 Å². The number of amides is 2. The first kappa shape index (κ1) is 29.1. The van der Waals surface area contributed by atoms with Crippen LogP contribution in [0.5, 0.6) is 0 Å². The van der Waals surface area contributed by atoms with Gasteiger partial charge in [0.05, 0.1) is 0 Å². The Morgan fingerprint density at radius 2 is 1.65 bits per heavy atom. The number of rotatable bonds is 10.